The van der Waals surface area contributed by atoms with Crippen molar-refractivity contribution < 1.29 is 13.6 Å². The minimum atomic E-state index is -0.897. The van der Waals surface area contributed by atoms with Crippen LogP contribution < -0.4 is 5.32 Å². The first-order chi connectivity index (χ1) is 11.0. The Morgan fingerprint density at radius 3 is 2.70 bits per heavy atom. The molecular weight excluding hydrogens is 300 g/mol. The van der Waals surface area contributed by atoms with Gasteiger partial charge in [-0.25, -0.2) is 13.6 Å². The largest absolute Gasteiger partial charge is 0.331 e. The summed E-state index contributed by atoms with van der Waals surface area (Å²) < 4.78 is 26.3. The van der Waals surface area contributed by atoms with Crippen LogP contribution in [0.4, 0.5) is 13.6 Å². The van der Waals surface area contributed by atoms with Crippen molar-refractivity contribution in [3.8, 4) is 0 Å². The van der Waals surface area contributed by atoms with Crippen molar-refractivity contribution in [2.75, 3.05) is 26.2 Å². The highest BCUT2D eigenvalue weighted by molar-refractivity contribution is 5.75. The van der Waals surface area contributed by atoms with Gasteiger partial charge >= 0.3 is 6.03 Å². The van der Waals surface area contributed by atoms with Crippen molar-refractivity contribution in [1.29, 1.82) is 0 Å². The van der Waals surface area contributed by atoms with Gasteiger partial charge in [-0.15, -0.1) is 0 Å². The molecule has 0 saturated carbocycles. The smallest absolute Gasteiger partial charge is 0.317 e. The van der Waals surface area contributed by atoms with Gasteiger partial charge in [0.2, 0.25) is 0 Å². The van der Waals surface area contributed by atoms with E-state index in [4.69, 9.17) is 0 Å². The number of amides is 2. The fourth-order valence-corrected chi connectivity index (χ4v) is 3.16. The Morgan fingerprint density at radius 2 is 2.00 bits per heavy atom. The lowest BCUT2D eigenvalue weighted by Gasteiger charge is -2.25. The quantitative estimate of drug-likeness (QED) is 0.869. The number of carbonyl (C=O) groups excluding carboxylic acids is 1. The number of hydrogen-bond acceptors (Lipinski definition) is 2. The summed E-state index contributed by atoms with van der Waals surface area (Å²) in [5.74, 6) is -1.78. The second-order valence-corrected chi connectivity index (χ2v) is 6.16. The van der Waals surface area contributed by atoms with Crippen LogP contribution in [0, 0.1) is 11.6 Å². The zero-order valence-corrected chi connectivity index (χ0v) is 13.1. The van der Waals surface area contributed by atoms with Crippen LogP contribution in [0.5, 0.6) is 0 Å². The molecule has 2 aliphatic heterocycles. The van der Waals surface area contributed by atoms with Gasteiger partial charge in [-0.05, 0) is 31.0 Å². The number of hydrogen-bond donors (Lipinski definition) is 1. The molecule has 1 aromatic carbocycles. The minimum Gasteiger partial charge on any atom is -0.331 e. The summed E-state index contributed by atoms with van der Waals surface area (Å²) >= 11 is 0. The van der Waals surface area contributed by atoms with Gasteiger partial charge in [-0.2, -0.15) is 0 Å². The van der Waals surface area contributed by atoms with Gasteiger partial charge in [0.15, 0.2) is 11.6 Å². The van der Waals surface area contributed by atoms with Crippen molar-refractivity contribution in [2.24, 2.45) is 0 Å². The van der Waals surface area contributed by atoms with Gasteiger partial charge in [-0.3, -0.25) is 4.90 Å². The van der Waals surface area contributed by atoms with E-state index in [1.54, 1.807) is 11.8 Å². The molecule has 1 N–H and O–H groups in total. The number of carbonyl (C=O) groups is 1. The fraction of sp³-hybridized carbons (Fsp3) is 0.471. The van der Waals surface area contributed by atoms with Crippen LogP contribution in [0.2, 0.25) is 0 Å². The highest BCUT2D eigenvalue weighted by atomic mass is 19.2. The number of nitrogens with one attached hydrogen (secondary N) is 1. The lowest BCUT2D eigenvalue weighted by molar-refractivity contribution is 0.197. The molecule has 2 amide bonds. The molecule has 0 unspecified atom stereocenters. The summed E-state index contributed by atoms with van der Waals surface area (Å²) in [6.07, 6.45) is 5.26. The third kappa shape index (κ3) is 3.52. The number of likely N-dealkylation sites (tertiary alicyclic amines) is 1. The van der Waals surface area contributed by atoms with Crippen molar-refractivity contribution in [3.63, 3.8) is 0 Å². The Kier molecular flexibility index (Phi) is 4.61. The molecule has 0 aliphatic carbocycles. The van der Waals surface area contributed by atoms with E-state index >= 15 is 0 Å². The van der Waals surface area contributed by atoms with Gasteiger partial charge in [0, 0.05) is 32.2 Å². The van der Waals surface area contributed by atoms with Crippen LogP contribution in [0.3, 0.4) is 0 Å². The Labute approximate surface area is 134 Å². The Balaban J connectivity index is 1.55. The van der Waals surface area contributed by atoms with E-state index in [0.29, 0.717) is 18.2 Å². The molecule has 23 heavy (non-hydrogen) atoms. The molecule has 0 aromatic heterocycles. The predicted molar refractivity (Wildman–Crippen MR) is 84.0 cm³/mol. The molecule has 124 valence electrons. The molecule has 6 heteroatoms. The van der Waals surface area contributed by atoms with E-state index < -0.39 is 11.6 Å². The number of nitrogens with zero attached hydrogens (tertiary/aromatic N) is 2. The van der Waals surface area contributed by atoms with Crippen molar-refractivity contribution >= 4 is 6.03 Å². The maximum atomic E-state index is 13.3. The van der Waals surface area contributed by atoms with Gasteiger partial charge in [-0.1, -0.05) is 18.2 Å². The summed E-state index contributed by atoms with van der Waals surface area (Å²) in [5, 5.41) is 2.86. The number of halogens is 2. The lowest BCUT2D eigenvalue weighted by atomic mass is 10.1. The first-order valence-corrected chi connectivity index (χ1v) is 7.94. The zero-order valence-electron chi connectivity index (χ0n) is 13.1. The molecule has 2 atom stereocenters. The van der Waals surface area contributed by atoms with E-state index in [0.717, 1.165) is 38.2 Å². The molecule has 1 aromatic rings. The molecule has 3 rings (SSSR count). The standard InChI is InChI=1S/C17H21F2N3O/c1-12(13-4-5-15(18)16(19)10-13)20-17(23)22-9-6-14(11-22)21-7-2-3-8-21/h2-5,10,12,14H,6-9,11H2,1H3,(H,20,23)/t12-,14-/m1/s1. The van der Waals surface area contributed by atoms with Gasteiger partial charge in [0.05, 0.1) is 6.04 Å². The number of benzene rings is 1. The topological polar surface area (TPSA) is 35.6 Å². The van der Waals surface area contributed by atoms with E-state index in [1.165, 1.54) is 6.07 Å². The molecule has 0 bridgehead atoms. The van der Waals surface area contributed by atoms with Crippen LogP contribution in [0.25, 0.3) is 0 Å². The zero-order chi connectivity index (χ0) is 16.4. The highest BCUT2D eigenvalue weighted by Gasteiger charge is 2.31. The second kappa shape index (κ2) is 6.66. The first-order valence-electron chi connectivity index (χ1n) is 7.94. The van der Waals surface area contributed by atoms with Crippen LogP contribution in [-0.4, -0.2) is 48.1 Å². The minimum absolute atomic E-state index is 0.156. The monoisotopic (exact) mass is 321 g/mol. The summed E-state index contributed by atoms with van der Waals surface area (Å²) in [7, 11) is 0. The summed E-state index contributed by atoms with van der Waals surface area (Å²) in [4.78, 5) is 16.5. The first kappa shape index (κ1) is 15.9. The van der Waals surface area contributed by atoms with E-state index in [9.17, 15) is 13.6 Å². The SMILES string of the molecule is C[C@@H](NC(=O)N1CC[C@@H](N2CC=CC2)C1)c1ccc(F)c(F)c1. The Bertz CT molecular complexity index is 612. The van der Waals surface area contributed by atoms with Crippen molar-refractivity contribution in [3.05, 3.63) is 47.5 Å². The summed E-state index contributed by atoms with van der Waals surface area (Å²) in [5.41, 5.74) is 0.553. The summed E-state index contributed by atoms with van der Waals surface area (Å²) in [6.45, 7) is 5.09. The second-order valence-electron chi connectivity index (χ2n) is 6.16. The highest BCUT2D eigenvalue weighted by Crippen LogP contribution is 2.20. The average Bonchev–Trinajstić information content (AvgIpc) is 3.20. The molecular formula is C17H21F2N3O. The number of rotatable bonds is 3. The van der Waals surface area contributed by atoms with Gasteiger partial charge < -0.3 is 10.2 Å². The molecule has 2 aliphatic rings. The molecule has 4 nitrogen and oxygen atoms in total. The van der Waals surface area contributed by atoms with Gasteiger partial charge in [0.25, 0.3) is 0 Å². The molecule has 1 fully saturated rings. The number of urea groups is 1. The van der Waals surface area contributed by atoms with E-state index in [-0.39, 0.29) is 12.1 Å². The Morgan fingerprint density at radius 1 is 1.26 bits per heavy atom. The predicted octanol–water partition coefficient (Wildman–Crippen LogP) is 2.68. The molecule has 0 spiro atoms. The fourth-order valence-electron chi connectivity index (χ4n) is 3.16. The van der Waals surface area contributed by atoms with Crippen LogP contribution >= 0.6 is 0 Å². The normalized spacial score (nSPS) is 22.6. The van der Waals surface area contributed by atoms with Crippen LogP contribution in [0.1, 0.15) is 24.9 Å². The molecule has 1 saturated heterocycles. The van der Waals surface area contributed by atoms with E-state index in [1.807, 2.05) is 0 Å². The molecule has 2 heterocycles. The lowest BCUT2D eigenvalue weighted by Crippen LogP contribution is -2.42. The summed E-state index contributed by atoms with van der Waals surface area (Å²) in [6, 6.07) is 3.57. The third-order valence-electron chi connectivity index (χ3n) is 4.60. The van der Waals surface area contributed by atoms with Gasteiger partial charge in [0.1, 0.15) is 0 Å². The maximum Gasteiger partial charge on any atom is 0.317 e. The average molecular weight is 321 g/mol. The van der Waals surface area contributed by atoms with Crippen LogP contribution in [0.15, 0.2) is 30.4 Å². The maximum absolute atomic E-state index is 13.3. The Hall–Kier alpha value is -1.95. The van der Waals surface area contributed by atoms with Crippen LogP contribution in [-0.2, 0) is 0 Å². The third-order valence-corrected chi connectivity index (χ3v) is 4.60. The van der Waals surface area contributed by atoms with E-state index in [2.05, 4.69) is 22.4 Å². The molecule has 0 radical (unpaired) electrons. The van der Waals surface area contributed by atoms with Crippen molar-refractivity contribution in [1.82, 2.24) is 15.1 Å². The van der Waals surface area contributed by atoms with Crippen molar-refractivity contribution in [2.45, 2.75) is 25.4 Å².